The maximum atomic E-state index is 15.1. The average molecular weight is 669 g/mol. The molecule has 0 radical (unpaired) electrons. The van der Waals surface area contributed by atoms with Crippen LogP contribution in [0, 0.1) is 18.6 Å². The molecule has 0 aliphatic carbocycles. The molecule has 2 fully saturated rings. The molecule has 10 heteroatoms. The number of allylic oxidation sites excluding steroid dienone is 1. The minimum absolute atomic E-state index is 0.146. The Balaban J connectivity index is 0.00000130. The fourth-order valence-electron chi connectivity index (χ4n) is 6.17. The predicted molar refractivity (Wildman–Crippen MR) is 200 cm³/mol. The van der Waals surface area contributed by atoms with Gasteiger partial charge in [-0.3, -0.25) is 4.40 Å². The first-order valence-electron chi connectivity index (χ1n) is 17.0. The Labute approximate surface area is 290 Å². The van der Waals surface area contributed by atoms with Gasteiger partial charge in [0.2, 0.25) is 0 Å². The van der Waals surface area contributed by atoms with E-state index in [1.807, 2.05) is 19.9 Å². The Bertz CT molecular complexity index is 1750. The van der Waals surface area contributed by atoms with E-state index in [0.717, 1.165) is 80.7 Å². The summed E-state index contributed by atoms with van der Waals surface area (Å²) < 4.78 is 31.7. The van der Waals surface area contributed by atoms with Gasteiger partial charge >= 0.3 is 0 Å². The van der Waals surface area contributed by atoms with E-state index in [1.54, 1.807) is 41.2 Å². The third-order valence-corrected chi connectivity index (χ3v) is 8.79. The third-order valence-electron chi connectivity index (χ3n) is 8.79. The van der Waals surface area contributed by atoms with Crippen molar-refractivity contribution in [1.82, 2.24) is 34.4 Å². The number of anilines is 2. The summed E-state index contributed by atoms with van der Waals surface area (Å²) in [5.74, 6) is -0.0893. The molecule has 8 nitrogen and oxygen atoms in total. The lowest BCUT2D eigenvalue weighted by Crippen LogP contribution is -2.51. The summed E-state index contributed by atoms with van der Waals surface area (Å²) in [5.41, 5.74) is 5.46. The molecule has 0 spiro atoms. The molecule has 0 atom stereocenters. The molecule has 0 bridgehead atoms. The monoisotopic (exact) mass is 668 g/mol. The second-order valence-corrected chi connectivity index (χ2v) is 11.6. The van der Waals surface area contributed by atoms with Gasteiger partial charge in [-0.05, 0) is 49.1 Å². The molecule has 2 aromatic carbocycles. The van der Waals surface area contributed by atoms with Crippen LogP contribution in [0.15, 0.2) is 93.7 Å². The first-order valence-corrected chi connectivity index (χ1v) is 17.0. The Morgan fingerprint density at radius 2 is 1.59 bits per heavy atom. The van der Waals surface area contributed by atoms with E-state index in [1.165, 1.54) is 0 Å². The van der Waals surface area contributed by atoms with E-state index in [9.17, 15) is 4.39 Å². The standard InChI is InChI=1S/C35H40F2N8.C2H6.C2H4/c1-5-6-7-27-8-10-30(33(37)32(27)36)31-23-40-35-34(39-14-17-45(31)35)41-28-9-11-29(24(2)22-28)25(3)42-18-20-44(21-19-42)26(4)43-15-12-38-13-16-43;2*1-2/h5,8-11,14,17,22-23,38H,1,3-4,6-7,12-13,15-16,18-21H2,2H3,(H,39,41);1-2H3;1-2H2. The highest BCUT2D eigenvalue weighted by Gasteiger charge is 2.24. The van der Waals surface area contributed by atoms with Crippen molar-refractivity contribution in [2.45, 2.75) is 33.6 Å². The number of hydrogen-bond donors (Lipinski definition) is 2. The molecule has 2 aromatic heterocycles. The van der Waals surface area contributed by atoms with E-state index < -0.39 is 11.6 Å². The number of halogens is 2. The highest BCUT2D eigenvalue weighted by Crippen LogP contribution is 2.31. The SMILES string of the molecule is C=C.C=CCCc1ccc(-c2cnc3c(Nc4ccc(C(=C)N5CCN(C(=C)N6CCNCC6)CC5)c(C)c4)nccn23)c(F)c1F.CC. The van der Waals surface area contributed by atoms with Gasteiger partial charge in [0, 0.05) is 87.3 Å². The van der Waals surface area contributed by atoms with Crippen molar-refractivity contribution in [2.24, 2.45) is 0 Å². The smallest absolute Gasteiger partial charge is 0.180 e. The van der Waals surface area contributed by atoms with Gasteiger partial charge in [0.15, 0.2) is 23.1 Å². The highest BCUT2D eigenvalue weighted by atomic mass is 19.2. The van der Waals surface area contributed by atoms with E-state index in [0.29, 0.717) is 35.6 Å². The number of nitrogens with one attached hydrogen (secondary N) is 2. The van der Waals surface area contributed by atoms with Crippen LogP contribution in [0.2, 0.25) is 0 Å². The second-order valence-electron chi connectivity index (χ2n) is 11.6. The van der Waals surface area contributed by atoms with Gasteiger partial charge in [0.05, 0.1) is 17.7 Å². The average Bonchev–Trinajstić information content (AvgIpc) is 3.59. The van der Waals surface area contributed by atoms with Crippen LogP contribution in [-0.4, -0.2) is 81.4 Å². The molecule has 2 aliphatic rings. The van der Waals surface area contributed by atoms with Crippen LogP contribution in [0.1, 0.15) is 37.0 Å². The van der Waals surface area contributed by atoms with Gasteiger partial charge in [-0.2, -0.15) is 0 Å². The van der Waals surface area contributed by atoms with Crippen LogP contribution in [0.5, 0.6) is 0 Å². The number of aryl methyl sites for hydroxylation is 2. The highest BCUT2D eigenvalue weighted by molar-refractivity contribution is 5.76. The van der Waals surface area contributed by atoms with Gasteiger partial charge in [-0.15, -0.1) is 19.7 Å². The number of benzene rings is 2. The van der Waals surface area contributed by atoms with Crippen LogP contribution in [0.4, 0.5) is 20.3 Å². The molecule has 0 unspecified atom stereocenters. The summed E-state index contributed by atoms with van der Waals surface area (Å²) >= 11 is 0. The Morgan fingerprint density at radius 1 is 0.918 bits per heavy atom. The number of aromatic nitrogens is 3. The minimum atomic E-state index is -0.887. The van der Waals surface area contributed by atoms with Crippen molar-refractivity contribution in [1.29, 1.82) is 0 Å². The molecule has 2 N–H and O–H groups in total. The molecule has 49 heavy (non-hydrogen) atoms. The summed E-state index contributed by atoms with van der Waals surface area (Å²) in [6.45, 7) is 32.2. The molecular formula is C39H50F2N8. The Hall–Kier alpha value is -4.96. The molecule has 2 aliphatic heterocycles. The van der Waals surface area contributed by atoms with Crippen LogP contribution >= 0.6 is 0 Å². The summed E-state index contributed by atoms with van der Waals surface area (Å²) in [5, 5.41) is 6.77. The summed E-state index contributed by atoms with van der Waals surface area (Å²) in [7, 11) is 0. The maximum absolute atomic E-state index is 15.1. The topological polar surface area (TPSA) is 64.0 Å². The zero-order chi connectivity index (χ0) is 35.5. The Kier molecular flexibility index (Phi) is 13.1. The number of fused-ring (bicyclic) bond motifs is 1. The molecule has 260 valence electrons. The van der Waals surface area contributed by atoms with Crippen molar-refractivity contribution < 1.29 is 8.78 Å². The molecule has 6 rings (SSSR count). The van der Waals surface area contributed by atoms with Gasteiger partial charge < -0.3 is 25.3 Å². The van der Waals surface area contributed by atoms with Crippen molar-refractivity contribution in [3.63, 3.8) is 0 Å². The number of imidazole rings is 1. The molecule has 2 saturated heterocycles. The predicted octanol–water partition coefficient (Wildman–Crippen LogP) is 7.64. The molecule has 4 heterocycles. The summed E-state index contributed by atoms with van der Waals surface area (Å²) in [6, 6.07) is 9.37. The van der Waals surface area contributed by atoms with Crippen molar-refractivity contribution in [3.8, 4) is 11.3 Å². The fraction of sp³-hybridized carbons (Fsp3) is 0.333. The number of nitrogens with zero attached hydrogens (tertiary/aromatic N) is 6. The first-order chi connectivity index (χ1) is 23.9. The quantitative estimate of drug-likeness (QED) is 0.169. The van der Waals surface area contributed by atoms with Crippen LogP contribution in [0.3, 0.4) is 0 Å². The largest absolute Gasteiger partial charge is 0.368 e. The van der Waals surface area contributed by atoms with Crippen molar-refractivity contribution in [3.05, 3.63) is 122 Å². The normalized spacial score (nSPS) is 14.3. The fourth-order valence-corrected chi connectivity index (χ4v) is 6.17. The van der Waals surface area contributed by atoms with Crippen molar-refractivity contribution in [2.75, 3.05) is 57.7 Å². The van der Waals surface area contributed by atoms with Gasteiger partial charge in [0.25, 0.3) is 0 Å². The van der Waals surface area contributed by atoms with Crippen LogP contribution in [0.25, 0.3) is 22.6 Å². The molecule has 0 saturated carbocycles. The maximum Gasteiger partial charge on any atom is 0.180 e. The lowest BCUT2D eigenvalue weighted by atomic mass is 10.0. The lowest BCUT2D eigenvalue weighted by Gasteiger charge is -2.43. The zero-order valence-electron chi connectivity index (χ0n) is 29.2. The number of piperazine rings is 2. The summed E-state index contributed by atoms with van der Waals surface area (Å²) in [6.07, 6.45) is 7.52. The van der Waals surface area contributed by atoms with Crippen LogP contribution in [-0.2, 0) is 6.42 Å². The van der Waals surface area contributed by atoms with Gasteiger partial charge in [-0.1, -0.05) is 45.2 Å². The Morgan fingerprint density at radius 3 is 2.27 bits per heavy atom. The number of rotatable bonds is 10. The van der Waals surface area contributed by atoms with E-state index in [-0.39, 0.29) is 5.56 Å². The van der Waals surface area contributed by atoms with E-state index in [2.05, 4.69) is 87.3 Å². The van der Waals surface area contributed by atoms with Gasteiger partial charge in [0.1, 0.15) is 0 Å². The third kappa shape index (κ3) is 8.20. The lowest BCUT2D eigenvalue weighted by molar-refractivity contribution is 0.147. The summed E-state index contributed by atoms with van der Waals surface area (Å²) in [4.78, 5) is 16.1. The number of hydrogen-bond acceptors (Lipinski definition) is 7. The van der Waals surface area contributed by atoms with Crippen molar-refractivity contribution >= 4 is 22.8 Å². The van der Waals surface area contributed by atoms with E-state index >= 15 is 4.39 Å². The first kappa shape index (κ1) is 36.9. The minimum Gasteiger partial charge on any atom is -0.368 e. The van der Waals surface area contributed by atoms with E-state index in [4.69, 9.17) is 0 Å². The van der Waals surface area contributed by atoms with Gasteiger partial charge in [-0.25, -0.2) is 18.7 Å². The van der Waals surface area contributed by atoms with Crippen LogP contribution < -0.4 is 10.6 Å². The zero-order valence-corrected chi connectivity index (χ0v) is 29.2. The second kappa shape index (κ2) is 17.4. The molecule has 0 amide bonds. The molecule has 4 aromatic rings. The molecular weight excluding hydrogens is 618 g/mol.